The van der Waals surface area contributed by atoms with Crippen molar-refractivity contribution in [3.8, 4) is 5.75 Å². The minimum absolute atomic E-state index is 0.245. The molecule has 0 heterocycles. The second-order valence-corrected chi connectivity index (χ2v) is 5.98. The molecule has 1 aromatic rings. The summed E-state index contributed by atoms with van der Waals surface area (Å²) in [5.74, 6) is 1.67. The quantitative estimate of drug-likeness (QED) is 0.775. The molecule has 2 unspecified atom stereocenters. The maximum Gasteiger partial charge on any atom is 0.119 e. The first-order valence-electron chi connectivity index (χ1n) is 7.61. The first-order chi connectivity index (χ1) is 9.65. The van der Waals surface area contributed by atoms with E-state index in [2.05, 4.69) is 31.3 Å². The molecule has 1 aliphatic carbocycles. The van der Waals surface area contributed by atoms with Crippen molar-refractivity contribution in [2.75, 3.05) is 20.8 Å². The Hall–Kier alpha value is -1.06. The van der Waals surface area contributed by atoms with E-state index in [0.717, 1.165) is 31.1 Å². The Morgan fingerprint density at radius 2 is 2.15 bits per heavy atom. The first kappa shape index (κ1) is 15.3. The smallest absolute Gasteiger partial charge is 0.119 e. The molecule has 0 fully saturated rings. The fourth-order valence-electron chi connectivity index (χ4n) is 2.93. The third-order valence-corrected chi connectivity index (χ3v) is 4.05. The van der Waals surface area contributed by atoms with Gasteiger partial charge in [0.15, 0.2) is 0 Å². The van der Waals surface area contributed by atoms with Gasteiger partial charge >= 0.3 is 0 Å². The Kier molecular flexibility index (Phi) is 5.44. The van der Waals surface area contributed by atoms with Gasteiger partial charge in [-0.1, -0.05) is 19.9 Å². The molecule has 0 radical (unpaired) electrons. The van der Waals surface area contributed by atoms with E-state index in [-0.39, 0.29) is 12.1 Å². The average molecular weight is 277 g/mol. The highest BCUT2D eigenvalue weighted by Gasteiger charge is 2.32. The lowest BCUT2D eigenvalue weighted by atomic mass is 10.1. The lowest BCUT2D eigenvalue weighted by molar-refractivity contribution is 0.0332. The van der Waals surface area contributed by atoms with Crippen LogP contribution in [0.5, 0.6) is 5.75 Å². The number of fused-ring (bicyclic) bond motifs is 1. The van der Waals surface area contributed by atoms with E-state index >= 15 is 0 Å². The van der Waals surface area contributed by atoms with Gasteiger partial charge < -0.3 is 14.8 Å². The van der Waals surface area contributed by atoms with Crippen molar-refractivity contribution in [1.29, 1.82) is 0 Å². The van der Waals surface area contributed by atoms with E-state index in [0.29, 0.717) is 0 Å². The van der Waals surface area contributed by atoms with Crippen LogP contribution in [0.15, 0.2) is 18.2 Å². The van der Waals surface area contributed by atoms with Gasteiger partial charge in [0.2, 0.25) is 0 Å². The molecule has 0 saturated heterocycles. The maximum atomic E-state index is 6.11. The summed E-state index contributed by atoms with van der Waals surface area (Å²) in [5.41, 5.74) is 2.69. The molecule has 0 aromatic heterocycles. The summed E-state index contributed by atoms with van der Waals surface area (Å²) in [6.07, 6.45) is 3.61. The SMILES string of the molecule is CNC1c2cc(OC)ccc2CC1OCCCC(C)C. The molecule has 3 heteroatoms. The number of rotatable bonds is 7. The van der Waals surface area contributed by atoms with E-state index in [1.54, 1.807) is 7.11 Å². The van der Waals surface area contributed by atoms with E-state index in [4.69, 9.17) is 9.47 Å². The Morgan fingerprint density at radius 3 is 2.80 bits per heavy atom. The fourth-order valence-corrected chi connectivity index (χ4v) is 2.93. The van der Waals surface area contributed by atoms with Gasteiger partial charge in [-0.05, 0) is 49.1 Å². The number of ether oxygens (including phenoxy) is 2. The van der Waals surface area contributed by atoms with Crippen molar-refractivity contribution < 1.29 is 9.47 Å². The Morgan fingerprint density at radius 1 is 1.35 bits per heavy atom. The number of hydrogen-bond donors (Lipinski definition) is 1. The van der Waals surface area contributed by atoms with Gasteiger partial charge in [0.05, 0.1) is 19.3 Å². The van der Waals surface area contributed by atoms with Crippen LogP contribution in [0, 0.1) is 5.92 Å². The lowest BCUT2D eigenvalue weighted by Crippen LogP contribution is -2.28. The molecule has 3 nitrogen and oxygen atoms in total. The predicted molar refractivity (Wildman–Crippen MR) is 82.3 cm³/mol. The van der Waals surface area contributed by atoms with Gasteiger partial charge in [0.1, 0.15) is 5.75 Å². The second kappa shape index (κ2) is 7.09. The van der Waals surface area contributed by atoms with Crippen molar-refractivity contribution in [1.82, 2.24) is 5.32 Å². The van der Waals surface area contributed by atoms with Crippen LogP contribution in [-0.4, -0.2) is 26.9 Å². The van der Waals surface area contributed by atoms with Crippen molar-refractivity contribution in [2.45, 2.75) is 45.3 Å². The molecule has 0 aliphatic heterocycles. The molecule has 2 rings (SSSR count). The third-order valence-electron chi connectivity index (χ3n) is 4.05. The number of benzene rings is 1. The Labute approximate surface area is 122 Å². The molecule has 0 amide bonds. The highest BCUT2D eigenvalue weighted by atomic mass is 16.5. The summed E-state index contributed by atoms with van der Waals surface area (Å²) in [7, 11) is 3.72. The average Bonchev–Trinajstić information content (AvgIpc) is 2.79. The summed E-state index contributed by atoms with van der Waals surface area (Å²) in [4.78, 5) is 0. The molecular weight excluding hydrogens is 250 g/mol. The molecule has 1 aromatic carbocycles. The number of likely N-dealkylation sites (N-methyl/N-ethyl adjacent to an activating group) is 1. The zero-order valence-corrected chi connectivity index (χ0v) is 13.1. The molecule has 2 atom stereocenters. The van der Waals surface area contributed by atoms with Crippen molar-refractivity contribution in [2.24, 2.45) is 5.92 Å². The molecule has 0 bridgehead atoms. The molecule has 0 spiro atoms. The van der Waals surface area contributed by atoms with Crippen LogP contribution in [0.1, 0.15) is 43.9 Å². The molecule has 0 saturated carbocycles. The van der Waals surface area contributed by atoms with Crippen LogP contribution in [0.2, 0.25) is 0 Å². The van der Waals surface area contributed by atoms with Crippen LogP contribution < -0.4 is 10.1 Å². The van der Waals surface area contributed by atoms with Gasteiger partial charge in [-0.3, -0.25) is 0 Å². The zero-order valence-electron chi connectivity index (χ0n) is 13.1. The van der Waals surface area contributed by atoms with Crippen molar-refractivity contribution >= 4 is 0 Å². The minimum Gasteiger partial charge on any atom is -0.497 e. The molecule has 1 N–H and O–H groups in total. The lowest BCUT2D eigenvalue weighted by Gasteiger charge is -2.21. The second-order valence-electron chi connectivity index (χ2n) is 5.98. The fraction of sp³-hybridized carbons (Fsp3) is 0.647. The molecule has 20 heavy (non-hydrogen) atoms. The predicted octanol–water partition coefficient (Wildman–Crippen LogP) is 3.33. The first-order valence-corrected chi connectivity index (χ1v) is 7.61. The van der Waals surface area contributed by atoms with Crippen LogP contribution in [0.3, 0.4) is 0 Å². The summed E-state index contributed by atoms with van der Waals surface area (Å²) >= 11 is 0. The van der Waals surface area contributed by atoms with E-state index in [1.807, 2.05) is 13.1 Å². The normalized spacial score (nSPS) is 21.2. The monoisotopic (exact) mass is 277 g/mol. The van der Waals surface area contributed by atoms with E-state index in [1.165, 1.54) is 17.5 Å². The van der Waals surface area contributed by atoms with Crippen molar-refractivity contribution in [3.05, 3.63) is 29.3 Å². The van der Waals surface area contributed by atoms with Gasteiger partial charge in [-0.25, -0.2) is 0 Å². The Bertz CT molecular complexity index is 431. The summed E-state index contributed by atoms with van der Waals surface area (Å²) < 4.78 is 11.4. The van der Waals surface area contributed by atoms with E-state index < -0.39 is 0 Å². The highest BCUT2D eigenvalue weighted by Crippen LogP contribution is 2.35. The topological polar surface area (TPSA) is 30.5 Å². The zero-order chi connectivity index (χ0) is 14.5. The van der Waals surface area contributed by atoms with Gasteiger partial charge in [0.25, 0.3) is 0 Å². The number of nitrogens with one attached hydrogen (secondary N) is 1. The van der Waals surface area contributed by atoms with Gasteiger partial charge in [-0.15, -0.1) is 0 Å². The maximum absolute atomic E-state index is 6.11. The van der Waals surface area contributed by atoms with E-state index in [9.17, 15) is 0 Å². The van der Waals surface area contributed by atoms with Crippen LogP contribution in [0.4, 0.5) is 0 Å². The summed E-state index contributed by atoms with van der Waals surface area (Å²) in [5, 5.41) is 3.39. The van der Waals surface area contributed by atoms with Crippen LogP contribution in [0.25, 0.3) is 0 Å². The molecule has 1 aliphatic rings. The van der Waals surface area contributed by atoms with Gasteiger partial charge in [-0.2, -0.15) is 0 Å². The number of hydrogen-bond acceptors (Lipinski definition) is 3. The highest BCUT2D eigenvalue weighted by molar-refractivity contribution is 5.42. The van der Waals surface area contributed by atoms with Crippen molar-refractivity contribution in [3.63, 3.8) is 0 Å². The summed E-state index contributed by atoms with van der Waals surface area (Å²) in [6.45, 7) is 5.37. The largest absolute Gasteiger partial charge is 0.497 e. The minimum atomic E-state index is 0.245. The Balaban J connectivity index is 1.96. The van der Waals surface area contributed by atoms with Crippen LogP contribution >= 0.6 is 0 Å². The number of methoxy groups -OCH3 is 1. The standard InChI is InChI=1S/C17H27NO2/c1-12(2)6-5-9-20-16-10-13-7-8-14(19-4)11-15(13)17(16)18-3/h7-8,11-12,16-18H,5-6,9-10H2,1-4H3. The van der Waals surface area contributed by atoms with Crippen LogP contribution in [-0.2, 0) is 11.2 Å². The summed E-state index contributed by atoms with van der Waals surface area (Å²) in [6, 6.07) is 6.61. The third kappa shape index (κ3) is 3.53. The van der Waals surface area contributed by atoms with Gasteiger partial charge in [0, 0.05) is 13.0 Å². The molecule has 112 valence electrons. The molecular formula is C17H27NO2.